The van der Waals surface area contributed by atoms with Gasteiger partial charge in [-0.2, -0.15) is 0 Å². The lowest BCUT2D eigenvalue weighted by Crippen LogP contribution is -2.54. The summed E-state index contributed by atoms with van der Waals surface area (Å²) < 4.78 is 4.96. The number of nitrogens with zero attached hydrogens (tertiary/aromatic N) is 4. The van der Waals surface area contributed by atoms with Crippen molar-refractivity contribution in [3.63, 3.8) is 0 Å². The number of carbonyl (C=O) groups excluding carboxylic acids is 3. The second-order valence-corrected chi connectivity index (χ2v) is 9.28. The molecule has 3 N–H and O–H groups in total. The predicted octanol–water partition coefficient (Wildman–Crippen LogP) is 2.57. The first-order chi connectivity index (χ1) is 17.4. The van der Waals surface area contributed by atoms with Gasteiger partial charge in [-0.1, -0.05) is 29.5 Å². The number of piperidine rings is 1. The molecule has 188 valence electrons. The minimum absolute atomic E-state index is 0.0379. The van der Waals surface area contributed by atoms with Crippen LogP contribution >= 0.6 is 0 Å². The number of anilines is 1. The Morgan fingerprint density at radius 2 is 2.00 bits per heavy atom. The standard InChI is InChI=1S/C25H29N7O4/c1-15-11-16(12-20-22(15)29-30-28-20)13-21(23(33)36-2)27-24(34)31-9-7-18(8-10-31)32-14-17-5-3-4-6-19(17)26-25(32)35/h3-6,11-12,18,21H,7-10,13-14H2,1-2H3,(H,26,35)(H,27,34)(H,28,29,30). The minimum Gasteiger partial charge on any atom is -0.467 e. The molecule has 36 heavy (non-hydrogen) atoms. The van der Waals surface area contributed by atoms with E-state index in [9.17, 15) is 14.4 Å². The molecule has 1 unspecified atom stereocenters. The van der Waals surface area contributed by atoms with Crippen LogP contribution in [0.3, 0.4) is 0 Å². The van der Waals surface area contributed by atoms with Crippen LogP contribution < -0.4 is 10.6 Å². The van der Waals surface area contributed by atoms with Crippen LogP contribution in [0.15, 0.2) is 36.4 Å². The van der Waals surface area contributed by atoms with E-state index in [0.29, 0.717) is 38.0 Å². The average molecular weight is 492 g/mol. The van der Waals surface area contributed by atoms with Crippen LogP contribution in [-0.4, -0.2) is 75.5 Å². The maximum Gasteiger partial charge on any atom is 0.328 e. The van der Waals surface area contributed by atoms with Gasteiger partial charge in [-0.05, 0) is 48.6 Å². The molecule has 11 heteroatoms. The van der Waals surface area contributed by atoms with Gasteiger partial charge in [-0.15, -0.1) is 5.10 Å². The van der Waals surface area contributed by atoms with Crippen molar-refractivity contribution >= 4 is 34.8 Å². The molecule has 4 amide bonds. The van der Waals surface area contributed by atoms with E-state index in [4.69, 9.17) is 4.74 Å². The Morgan fingerprint density at radius 3 is 2.78 bits per heavy atom. The van der Waals surface area contributed by atoms with Crippen LogP contribution in [0, 0.1) is 6.92 Å². The van der Waals surface area contributed by atoms with E-state index in [-0.39, 0.29) is 24.5 Å². The van der Waals surface area contributed by atoms with Crippen LogP contribution in [0.5, 0.6) is 0 Å². The fourth-order valence-corrected chi connectivity index (χ4v) is 5.02. The molecule has 3 aromatic rings. The number of nitrogens with one attached hydrogen (secondary N) is 3. The number of para-hydroxylation sites is 1. The number of likely N-dealkylation sites (tertiary alicyclic amines) is 1. The molecule has 2 aliphatic rings. The van der Waals surface area contributed by atoms with Crippen LogP contribution in [0.1, 0.15) is 29.5 Å². The van der Waals surface area contributed by atoms with Crippen molar-refractivity contribution in [3.8, 4) is 0 Å². The monoisotopic (exact) mass is 491 g/mol. The van der Waals surface area contributed by atoms with E-state index in [2.05, 4.69) is 26.0 Å². The SMILES string of the molecule is COC(=O)C(Cc1cc(C)c2[nH]nnc2c1)NC(=O)N1CCC(N2Cc3ccccc3NC2=O)CC1. The number of benzene rings is 2. The maximum atomic E-state index is 13.1. The number of ether oxygens (including phenoxy) is 1. The third-order valence-corrected chi connectivity index (χ3v) is 6.97. The van der Waals surface area contributed by atoms with E-state index >= 15 is 0 Å². The summed E-state index contributed by atoms with van der Waals surface area (Å²) in [5, 5.41) is 16.5. The van der Waals surface area contributed by atoms with Crippen molar-refractivity contribution < 1.29 is 19.1 Å². The van der Waals surface area contributed by atoms with Gasteiger partial charge in [0, 0.05) is 37.8 Å². The molecule has 1 saturated heterocycles. The number of fused-ring (bicyclic) bond motifs is 2. The number of hydrogen-bond acceptors (Lipinski definition) is 6. The second-order valence-electron chi connectivity index (χ2n) is 9.28. The van der Waals surface area contributed by atoms with Gasteiger partial charge in [0.25, 0.3) is 0 Å². The average Bonchev–Trinajstić information content (AvgIpc) is 3.37. The molecule has 5 rings (SSSR count). The number of rotatable bonds is 5. The zero-order chi connectivity index (χ0) is 25.2. The third-order valence-electron chi connectivity index (χ3n) is 6.97. The zero-order valence-corrected chi connectivity index (χ0v) is 20.3. The summed E-state index contributed by atoms with van der Waals surface area (Å²) in [5.74, 6) is -0.514. The molecule has 0 aliphatic carbocycles. The van der Waals surface area contributed by atoms with Crippen molar-refractivity contribution in [2.24, 2.45) is 0 Å². The number of carbonyl (C=O) groups is 3. The van der Waals surface area contributed by atoms with Gasteiger partial charge >= 0.3 is 18.0 Å². The summed E-state index contributed by atoms with van der Waals surface area (Å²) in [6, 6.07) is 10.3. The fraction of sp³-hybridized carbons (Fsp3) is 0.400. The van der Waals surface area contributed by atoms with Gasteiger partial charge in [0.15, 0.2) is 0 Å². The topological polar surface area (TPSA) is 133 Å². The smallest absolute Gasteiger partial charge is 0.328 e. The summed E-state index contributed by atoms with van der Waals surface area (Å²) in [4.78, 5) is 41.7. The molecular formula is C25H29N7O4. The molecule has 3 heterocycles. The Hall–Kier alpha value is -4.15. The number of aromatic amines is 1. The summed E-state index contributed by atoms with van der Waals surface area (Å²) >= 11 is 0. The van der Waals surface area contributed by atoms with Crippen LogP contribution in [0.2, 0.25) is 0 Å². The zero-order valence-electron chi connectivity index (χ0n) is 20.3. The van der Waals surface area contributed by atoms with Gasteiger partial charge in [0.1, 0.15) is 11.6 Å². The number of methoxy groups -OCH3 is 1. The Morgan fingerprint density at radius 1 is 1.22 bits per heavy atom. The second kappa shape index (κ2) is 9.84. The quantitative estimate of drug-likeness (QED) is 0.470. The number of H-pyrrole nitrogens is 1. The van der Waals surface area contributed by atoms with Crippen molar-refractivity contribution in [1.82, 2.24) is 30.5 Å². The Balaban J connectivity index is 1.20. The normalized spacial score (nSPS) is 16.9. The molecule has 2 aromatic carbocycles. The van der Waals surface area contributed by atoms with Gasteiger partial charge in [0.05, 0.1) is 12.6 Å². The lowest BCUT2D eigenvalue weighted by molar-refractivity contribution is -0.142. The summed E-state index contributed by atoms with van der Waals surface area (Å²) in [5.41, 5.74) is 5.27. The van der Waals surface area contributed by atoms with E-state index in [0.717, 1.165) is 27.9 Å². The van der Waals surface area contributed by atoms with Gasteiger partial charge in [-0.25, -0.2) is 14.4 Å². The van der Waals surface area contributed by atoms with Crippen LogP contribution in [-0.2, 0) is 22.5 Å². The van der Waals surface area contributed by atoms with E-state index in [1.807, 2.05) is 48.2 Å². The van der Waals surface area contributed by atoms with Crippen molar-refractivity contribution in [2.75, 3.05) is 25.5 Å². The lowest BCUT2D eigenvalue weighted by Gasteiger charge is -2.40. The molecule has 1 fully saturated rings. The molecule has 0 bridgehead atoms. The van der Waals surface area contributed by atoms with Crippen molar-refractivity contribution in [2.45, 2.75) is 44.8 Å². The fourth-order valence-electron chi connectivity index (χ4n) is 5.02. The van der Waals surface area contributed by atoms with Gasteiger partial charge in [0.2, 0.25) is 0 Å². The number of amides is 4. The first-order valence-corrected chi connectivity index (χ1v) is 12.0. The Labute approximate surface area is 208 Å². The largest absolute Gasteiger partial charge is 0.467 e. The maximum absolute atomic E-state index is 13.1. The highest BCUT2D eigenvalue weighted by atomic mass is 16.5. The summed E-state index contributed by atoms with van der Waals surface area (Å²) in [7, 11) is 1.31. The number of hydrogen-bond donors (Lipinski definition) is 3. The summed E-state index contributed by atoms with van der Waals surface area (Å²) in [6.07, 6.45) is 1.59. The third kappa shape index (κ3) is 4.68. The summed E-state index contributed by atoms with van der Waals surface area (Å²) in [6.45, 7) is 3.46. The highest BCUT2D eigenvalue weighted by molar-refractivity contribution is 5.92. The lowest BCUT2D eigenvalue weighted by atomic mass is 10.0. The molecular weight excluding hydrogens is 462 g/mol. The van der Waals surface area contributed by atoms with E-state index in [1.165, 1.54) is 7.11 Å². The van der Waals surface area contributed by atoms with Crippen LogP contribution in [0.4, 0.5) is 15.3 Å². The Kier molecular flexibility index (Phi) is 6.45. The molecule has 2 aliphatic heterocycles. The number of urea groups is 2. The van der Waals surface area contributed by atoms with Crippen LogP contribution in [0.25, 0.3) is 11.0 Å². The highest BCUT2D eigenvalue weighted by Crippen LogP contribution is 2.27. The van der Waals surface area contributed by atoms with E-state index < -0.39 is 12.0 Å². The van der Waals surface area contributed by atoms with Gasteiger partial charge in [-0.3, -0.25) is 5.10 Å². The van der Waals surface area contributed by atoms with Crippen molar-refractivity contribution in [3.05, 3.63) is 53.1 Å². The number of aromatic nitrogens is 3. The molecule has 1 atom stereocenters. The minimum atomic E-state index is -0.839. The molecule has 0 saturated carbocycles. The van der Waals surface area contributed by atoms with Crippen molar-refractivity contribution in [1.29, 1.82) is 0 Å². The predicted molar refractivity (Wildman–Crippen MR) is 132 cm³/mol. The molecule has 0 spiro atoms. The van der Waals surface area contributed by atoms with E-state index in [1.54, 1.807) is 4.90 Å². The first-order valence-electron chi connectivity index (χ1n) is 12.0. The first kappa shape index (κ1) is 23.6. The molecule has 1 aromatic heterocycles. The highest BCUT2D eigenvalue weighted by Gasteiger charge is 2.33. The molecule has 11 nitrogen and oxygen atoms in total. The number of aryl methyl sites for hydroxylation is 1. The molecule has 0 radical (unpaired) electrons. The number of esters is 1. The Bertz CT molecular complexity index is 1300. The van der Waals surface area contributed by atoms with Gasteiger partial charge < -0.3 is 25.2 Å².